The molecule has 0 bridgehead atoms. The van der Waals surface area contributed by atoms with Gasteiger partial charge in [0.1, 0.15) is 17.3 Å². The van der Waals surface area contributed by atoms with Gasteiger partial charge in [-0.25, -0.2) is 4.68 Å². The van der Waals surface area contributed by atoms with Gasteiger partial charge in [-0.15, -0.1) is 15.3 Å². The van der Waals surface area contributed by atoms with E-state index in [0.717, 1.165) is 57.1 Å². The highest BCUT2D eigenvalue weighted by Gasteiger charge is 2.24. The van der Waals surface area contributed by atoms with Crippen LogP contribution in [0.1, 0.15) is 55.5 Å². The lowest BCUT2D eigenvalue weighted by molar-refractivity contribution is 0.156. The van der Waals surface area contributed by atoms with Crippen molar-refractivity contribution in [1.29, 1.82) is 0 Å². The zero-order valence-corrected chi connectivity index (χ0v) is 14.0. The molecule has 4 rings (SSSR count). The van der Waals surface area contributed by atoms with Crippen molar-refractivity contribution < 1.29 is 5.11 Å². The molecule has 0 unspecified atom stereocenters. The Labute approximate surface area is 141 Å². The number of aliphatic hydroxyl groups excluding tert-OH is 1. The molecule has 1 fully saturated rings. The van der Waals surface area contributed by atoms with Crippen molar-refractivity contribution in [3.8, 4) is 0 Å². The molecule has 0 aromatic carbocycles. The maximum absolute atomic E-state index is 9.16. The van der Waals surface area contributed by atoms with Gasteiger partial charge in [0, 0.05) is 19.5 Å². The summed E-state index contributed by atoms with van der Waals surface area (Å²) >= 11 is 0. The third kappa shape index (κ3) is 3.21. The third-order valence-electron chi connectivity index (χ3n) is 5.13. The fourth-order valence-corrected chi connectivity index (χ4v) is 3.82. The van der Waals surface area contributed by atoms with Crippen molar-refractivity contribution in [2.75, 3.05) is 13.1 Å². The third-order valence-corrected chi connectivity index (χ3v) is 5.13. The number of fused-ring (bicyclic) bond motifs is 1. The molecule has 2 aromatic heterocycles. The molecule has 0 spiro atoms. The van der Waals surface area contributed by atoms with Crippen LogP contribution in [0.3, 0.4) is 0 Å². The number of aryl methyl sites for hydroxylation is 1. The van der Waals surface area contributed by atoms with Crippen LogP contribution >= 0.6 is 0 Å². The summed E-state index contributed by atoms with van der Waals surface area (Å²) in [7, 11) is 0. The van der Waals surface area contributed by atoms with Crippen molar-refractivity contribution in [2.45, 2.75) is 64.3 Å². The zero-order valence-electron chi connectivity index (χ0n) is 14.0. The minimum Gasteiger partial charge on any atom is -0.390 e. The second kappa shape index (κ2) is 6.98. The predicted molar refractivity (Wildman–Crippen MR) is 87.1 cm³/mol. The summed E-state index contributed by atoms with van der Waals surface area (Å²) in [5.41, 5.74) is 0.634. The molecule has 1 N–H and O–H groups in total. The van der Waals surface area contributed by atoms with Gasteiger partial charge in [0.05, 0.1) is 25.4 Å². The average molecular weight is 331 g/mol. The van der Waals surface area contributed by atoms with Gasteiger partial charge in [0.2, 0.25) is 0 Å². The Morgan fingerprint density at radius 2 is 2.04 bits per heavy atom. The maximum Gasteiger partial charge on any atom is 0.147 e. The number of hydrogen-bond acceptors (Lipinski definition) is 6. The van der Waals surface area contributed by atoms with Crippen molar-refractivity contribution in [3.05, 3.63) is 23.5 Å². The van der Waals surface area contributed by atoms with E-state index in [1.54, 1.807) is 0 Å². The molecule has 0 amide bonds. The molecule has 2 aromatic rings. The largest absolute Gasteiger partial charge is 0.390 e. The lowest BCUT2D eigenvalue weighted by atomic mass is 10.1. The van der Waals surface area contributed by atoms with Crippen LogP contribution < -0.4 is 0 Å². The van der Waals surface area contributed by atoms with Gasteiger partial charge >= 0.3 is 0 Å². The van der Waals surface area contributed by atoms with Gasteiger partial charge in [-0.3, -0.25) is 4.90 Å². The summed E-state index contributed by atoms with van der Waals surface area (Å²) in [5.74, 6) is 2.25. The first-order valence-electron chi connectivity index (χ1n) is 8.98. The minimum atomic E-state index is -0.0533. The molecular formula is C16H25N7O. The molecule has 0 aliphatic carbocycles. The first-order valence-corrected chi connectivity index (χ1v) is 8.98. The first kappa shape index (κ1) is 15.7. The van der Waals surface area contributed by atoms with E-state index in [1.807, 2.05) is 10.9 Å². The number of rotatable bonds is 4. The van der Waals surface area contributed by atoms with Gasteiger partial charge in [0.15, 0.2) is 0 Å². The Balaban J connectivity index is 1.44. The molecule has 130 valence electrons. The van der Waals surface area contributed by atoms with Crippen molar-refractivity contribution in [1.82, 2.24) is 34.7 Å². The molecule has 8 nitrogen and oxygen atoms in total. The van der Waals surface area contributed by atoms with Gasteiger partial charge in [-0.1, -0.05) is 11.6 Å². The summed E-state index contributed by atoms with van der Waals surface area (Å²) in [6.45, 7) is 3.88. The Hall–Kier alpha value is -1.80. The smallest absolute Gasteiger partial charge is 0.147 e. The first-order chi connectivity index (χ1) is 11.8. The Bertz CT molecular complexity index is 680. The fraction of sp³-hybridized carbons (Fsp3) is 0.750. The second-order valence-electron chi connectivity index (χ2n) is 6.87. The Morgan fingerprint density at radius 3 is 2.92 bits per heavy atom. The van der Waals surface area contributed by atoms with Crippen LogP contribution in [0.5, 0.6) is 0 Å². The highest BCUT2D eigenvalue weighted by atomic mass is 16.3. The van der Waals surface area contributed by atoms with Crippen LogP contribution in [-0.2, 0) is 26.1 Å². The van der Waals surface area contributed by atoms with Gasteiger partial charge in [-0.05, 0) is 32.2 Å². The Kier molecular flexibility index (Phi) is 4.57. The normalized spacial score (nSPS) is 22.3. The van der Waals surface area contributed by atoms with Gasteiger partial charge in [-0.2, -0.15) is 0 Å². The quantitative estimate of drug-likeness (QED) is 0.897. The number of piperidine rings is 1. The number of hydrogen-bond donors (Lipinski definition) is 1. The summed E-state index contributed by atoms with van der Waals surface area (Å²) in [5, 5.41) is 26.2. The number of aromatic nitrogens is 6. The molecule has 1 atom stereocenters. The molecule has 8 heteroatoms. The topological polar surface area (TPSA) is 84.9 Å². The van der Waals surface area contributed by atoms with Crippen molar-refractivity contribution in [2.24, 2.45) is 0 Å². The monoisotopic (exact) mass is 331 g/mol. The van der Waals surface area contributed by atoms with Gasteiger partial charge < -0.3 is 9.67 Å². The predicted octanol–water partition coefficient (Wildman–Crippen LogP) is 0.925. The van der Waals surface area contributed by atoms with E-state index >= 15 is 0 Å². The van der Waals surface area contributed by atoms with E-state index in [4.69, 9.17) is 5.11 Å². The van der Waals surface area contributed by atoms with E-state index < -0.39 is 0 Å². The van der Waals surface area contributed by atoms with Crippen LogP contribution in [0.25, 0.3) is 0 Å². The van der Waals surface area contributed by atoms with Crippen LogP contribution in [0.2, 0.25) is 0 Å². The summed E-state index contributed by atoms with van der Waals surface area (Å²) in [6.07, 6.45) is 8.89. The number of nitrogens with zero attached hydrogens (tertiary/aromatic N) is 7. The van der Waals surface area contributed by atoms with E-state index in [9.17, 15) is 0 Å². The standard InChI is InChI=1S/C16H25N7O/c24-12-13-9-23(20-17-13)14-5-4-7-21(10-14)11-16-19-18-15-6-2-1-3-8-22(15)16/h9,14,24H,1-8,10-12H2/t14-/m0/s1. The lowest BCUT2D eigenvalue weighted by Crippen LogP contribution is -2.37. The summed E-state index contributed by atoms with van der Waals surface area (Å²) < 4.78 is 4.23. The molecule has 24 heavy (non-hydrogen) atoms. The molecule has 2 aliphatic heterocycles. The molecule has 0 radical (unpaired) electrons. The lowest BCUT2D eigenvalue weighted by Gasteiger charge is -2.32. The van der Waals surface area contributed by atoms with Crippen LogP contribution in [0, 0.1) is 0 Å². The highest BCUT2D eigenvalue weighted by molar-refractivity contribution is 4.99. The van der Waals surface area contributed by atoms with Crippen LogP contribution in [0.4, 0.5) is 0 Å². The van der Waals surface area contributed by atoms with Crippen molar-refractivity contribution >= 4 is 0 Å². The molecule has 1 saturated heterocycles. The molecular weight excluding hydrogens is 306 g/mol. The van der Waals surface area contributed by atoms with Crippen LogP contribution in [-0.4, -0.2) is 52.9 Å². The Morgan fingerprint density at radius 1 is 1.08 bits per heavy atom. The summed E-state index contributed by atoms with van der Waals surface area (Å²) in [4.78, 5) is 2.44. The van der Waals surface area contributed by atoms with Gasteiger partial charge in [0.25, 0.3) is 0 Å². The van der Waals surface area contributed by atoms with Crippen LogP contribution in [0.15, 0.2) is 6.20 Å². The van der Waals surface area contributed by atoms with Crippen molar-refractivity contribution in [3.63, 3.8) is 0 Å². The van der Waals surface area contributed by atoms with E-state index in [0.29, 0.717) is 11.7 Å². The summed E-state index contributed by atoms with van der Waals surface area (Å²) in [6, 6.07) is 0.318. The number of aliphatic hydroxyl groups is 1. The maximum atomic E-state index is 9.16. The van der Waals surface area contributed by atoms with E-state index in [2.05, 4.69) is 30.0 Å². The average Bonchev–Trinajstić information content (AvgIpc) is 3.16. The second-order valence-corrected chi connectivity index (χ2v) is 6.87. The highest BCUT2D eigenvalue weighted by Crippen LogP contribution is 2.23. The van der Waals surface area contributed by atoms with E-state index in [-0.39, 0.29) is 6.61 Å². The fourth-order valence-electron chi connectivity index (χ4n) is 3.82. The zero-order chi connectivity index (χ0) is 16.4. The number of likely N-dealkylation sites (tertiary alicyclic amines) is 1. The SMILES string of the molecule is OCc1cn([C@H]2CCCN(Cc3nnc4n3CCCCC4)C2)nn1. The molecule has 4 heterocycles. The minimum absolute atomic E-state index is 0.0533. The molecule has 2 aliphatic rings. The molecule has 0 saturated carbocycles. The van der Waals surface area contributed by atoms with E-state index in [1.165, 1.54) is 19.3 Å².